The fourth-order valence-electron chi connectivity index (χ4n) is 2.58. The van der Waals surface area contributed by atoms with E-state index in [1.807, 2.05) is 18.2 Å². The van der Waals surface area contributed by atoms with Gasteiger partial charge in [-0.3, -0.25) is 4.99 Å². The number of rotatable bonds is 5. The Hall–Kier alpha value is -1.23. The van der Waals surface area contributed by atoms with Gasteiger partial charge in [-0.2, -0.15) is 0 Å². The molecule has 28 heavy (non-hydrogen) atoms. The summed E-state index contributed by atoms with van der Waals surface area (Å²) in [5.41, 5.74) is 1.16. The topological polar surface area (TPSA) is 69.5 Å². The van der Waals surface area contributed by atoms with Crippen molar-refractivity contribution in [2.45, 2.75) is 38.8 Å². The summed E-state index contributed by atoms with van der Waals surface area (Å²) in [6.45, 7) is 7.50. The van der Waals surface area contributed by atoms with Gasteiger partial charge < -0.3 is 15.7 Å². The number of nitrogens with one attached hydrogen (secondary N) is 2. The zero-order valence-electron chi connectivity index (χ0n) is 16.5. The summed E-state index contributed by atoms with van der Waals surface area (Å²) < 4.78 is 1.19. The minimum Gasteiger partial charge on any atom is -0.386 e. The quantitative estimate of drug-likeness (QED) is 0.255. The Labute approximate surface area is 191 Å². The normalized spacial score (nSPS) is 13.2. The van der Waals surface area contributed by atoms with E-state index < -0.39 is 6.10 Å². The molecule has 3 N–H and O–H groups in total. The summed E-state index contributed by atoms with van der Waals surface area (Å²) in [4.78, 5) is 9.86. The molecule has 2 aromatic heterocycles. The summed E-state index contributed by atoms with van der Waals surface area (Å²) in [6.07, 6.45) is -0.576. The molecule has 0 aliphatic carbocycles. The average Bonchev–Trinajstić information content (AvgIpc) is 3.28. The number of aliphatic hydroxyl groups is 1. The second kappa shape index (κ2) is 10.00. The number of fused-ring (bicyclic) bond motifs is 1. The van der Waals surface area contributed by atoms with Crippen LogP contribution in [0.3, 0.4) is 0 Å². The molecule has 1 atom stereocenters. The minimum absolute atomic E-state index is 0. The molecule has 0 spiro atoms. The highest BCUT2D eigenvalue weighted by atomic mass is 127. The summed E-state index contributed by atoms with van der Waals surface area (Å²) in [7, 11) is 1.73. The van der Waals surface area contributed by atoms with Crippen LogP contribution in [0.4, 0.5) is 0 Å². The fourth-order valence-corrected chi connectivity index (χ4v) is 4.59. The number of guanidine groups is 1. The molecular formula is C20H27IN4OS2. The van der Waals surface area contributed by atoms with Crippen molar-refractivity contribution in [2.75, 3.05) is 13.6 Å². The van der Waals surface area contributed by atoms with Crippen LogP contribution in [0.1, 0.15) is 42.5 Å². The van der Waals surface area contributed by atoms with Crippen LogP contribution in [0.2, 0.25) is 0 Å². The van der Waals surface area contributed by atoms with E-state index in [0.717, 1.165) is 21.0 Å². The van der Waals surface area contributed by atoms with Gasteiger partial charge in [0.05, 0.1) is 12.2 Å². The first-order valence-corrected chi connectivity index (χ1v) is 10.6. The lowest BCUT2D eigenvalue weighted by molar-refractivity contribution is 0.184. The third kappa shape index (κ3) is 5.88. The highest BCUT2D eigenvalue weighted by Crippen LogP contribution is 2.29. The van der Waals surface area contributed by atoms with E-state index in [9.17, 15) is 5.11 Å². The molecule has 0 fully saturated rings. The van der Waals surface area contributed by atoms with Gasteiger partial charge in [-0.05, 0) is 17.5 Å². The Kier molecular flexibility index (Phi) is 8.23. The summed E-state index contributed by atoms with van der Waals surface area (Å²) in [5.74, 6) is 0.655. The number of nitrogens with zero attached hydrogens (tertiary/aromatic N) is 2. The first-order chi connectivity index (χ1) is 12.9. The molecule has 3 aromatic rings. The van der Waals surface area contributed by atoms with Gasteiger partial charge >= 0.3 is 0 Å². The molecular weight excluding hydrogens is 503 g/mol. The van der Waals surface area contributed by atoms with Gasteiger partial charge in [-0.15, -0.1) is 46.7 Å². The Morgan fingerprint density at radius 2 is 2.00 bits per heavy atom. The second-order valence-corrected chi connectivity index (χ2v) is 9.44. The van der Waals surface area contributed by atoms with Crippen molar-refractivity contribution >= 4 is 62.7 Å². The molecule has 0 saturated carbocycles. The third-order valence-electron chi connectivity index (χ3n) is 4.19. The number of thiophene rings is 1. The number of aliphatic imine (C=N–C) groups is 1. The maximum absolute atomic E-state index is 10.5. The number of halogens is 1. The lowest BCUT2D eigenvalue weighted by atomic mass is 9.93. The third-order valence-corrected chi connectivity index (χ3v) is 6.25. The fraction of sp³-hybridized carbons (Fsp3) is 0.400. The van der Waals surface area contributed by atoms with Gasteiger partial charge in [0.15, 0.2) is 5.96 Å². The highest BCUT2D eigenvalue weighted by Gasteiger charge is 2.17. The maximum Gasteiger partial charge on any atom is 0.191 e. The van der Waals surface area contributed by atoms with E-state index in [-0.39, 0.29) is 29.4 Å². The molecule has 5 nitrogen and oxygen atoms in total. The van der Waals surface area contributed by atoms with E-state index in [2.05, 4.69) is 58.9 Å². The van der Waals surface area contributed by atoms with E-state index in [4.69, 9.17) is 0 Å². The van der Waals surface area contributed by atoms with Crippen molar-refractivity contribution in [3.8, 4) is 0 Å². The van der Waals surface area contributed by atoms with Crippen molar-refractivity contribution in [3.63, 3.8) is 0 Å². The van der Waals surface area contributed by atoms with E-state index in [1.165, 1.54) is 4.70 Å². The first-order valence-electron chi connectivity index (χ1n) is 8.93. The molecule has 1 aromatic carbocycles. The zero-order valence-corrected chi connectivity index (χ0v) is 20.5. The molecule has 1 unspecified atom stereocenters. The lowest BCUT2D eigenvalue weighted by Gasteiger charge is -2.15. The summed E-state index contributed by atoms with van der Waals surface area (Å²) in [6, 6.07) is 10.2. The average molecular weight is 531 g/mol. The van der Waals surface area contributed by atoms with E-state index in [1.54, 1.807) is 29.7 Å². The van der Waals surface area contributed by atoms with Crippen LogP contribution in [0.25, 0.3) is 10.1 Å². The number of aliphatic hydroxyl groups excluding tert-OH is 1. The lowest BCUT2D eigenvalue weighted by Crippen LogP contribution is -2.38. The molecule has 0 aliphatic heterocycles. The van der Waals surface area contributed by atoms with Crippen molar-refractivity contribution < 1.29 is 5.11 Å². The Bertz CT molecular complexity index is 897. The molecule has 152 valence electrons. The van der Waals surface area contributed by atoms with Crippen molar-refractivity contribution in [1.82, 2.24) is 15.6 Å². The summed E-state index contributed by atoms with van der Waals surface area (Å²) in [5, 5.41) is 21.2. The van der Waals surface area contributed by atoms with Gasteiger partial charge in [-0.1, -0.05) is 39.0 Å². The molecule has 8 heteroatoms. The maximum atomic E-state index is 10.5. The highest BCUT2D eigenvalue weighted by molar-refractivity contribution is 14.0. The monoisotopic (exact) mass is 530 g/mol. The van der Waals surface area contributed by atoms with Gasteiger partial charge in [0.25, 0.3) is 0 Å². The van der Waals surface area contributed by atoms with Crippen molar-refractivity contribution in [3.05, 3.63) is 51.3 Å². The zero-order chi connectivity index (χ0) is 19.4. The smallest absolute Gasteiger partial charge is 0.191 e. The molecule has 0 amide bonds. The largest absolute Gasteiger partial charge is 0.386 e. The van der Waals surface area contributed by atoms with Crippen LogP contribution < -0.4 is 10.6 Å². The second-order valence-electron chi connectivity index (χ2n) is 7.39. The first kappa shape index (κ1) is 23.1. The Morgan fingerprint density at radius 1 is 1.25 bits per heavy atom. The van der Waals surface area contributed by atoms with Crippen LogP contribution in [0.5, 0.6) is 0 Å². The SMILES string of the molecule is CN=C(NCc1nc(C(C)(C)C)cs1)NCC(O)c1cc2ccccc2s1.I. The van der Waals surface area contributed by atoms with Crippen LogP contribution in [-0.2, 0) is 12.0 Å². The molecule has 3 rings (SSSR count). The number of benzene rings is 1. The summed E-state index contributed by atoms with van der Waals surface area (Å²) >= 11 is 3.27. The molecule has 0 saturated heterocycles. The minimum atomic E-state index is -0.576. The number of hydrogen-bond acceptors (Lipinski definition) is 5. The van der Waals surface area contributed by atoms with Crippen molar-refractivity contribution in [1.29, 1.82) is 0 Å². The molecule has 0 aliphatic rings. The predicted octanol–water partition coefficient (Wildman–Crippen LogP) is 4.67. The van der Waals surface area contributed by atoms with Crippen LogP contribution in [-0.4, -0.2) is 29.6 Å². The van der Waals surface area contributed by atoms with E-state index >= 15 is 0 Å². The van der Waals surface area contributed by atoms with Gasteiger partial charge in [-0.25, -0.2) is 4.98 Å². The Morgan fingerprint density at radius 3 is 2.64 bits per heavy atom. The number of thiazole rings is 1. The van der Waals surface area contributed by atoms with Gasteiger partial charge in [0, 0.05) is 34.0 Å². The van der Waals surface area contributed by atoms with Crippen LogP contribution in [0.15, 0.2) is 40.7 Å². The predicted molar refractivity (Wildman–Crippen MR) is 131 cm³/mol. The van der Waals surface area contributed by atoms with E-state index in [0.29, 0.717) is 19.0 Å². The number of aromatic nitrogens is 1. The van der Waals surface area contributed by atoms with Gasteiger partial charge in [0.2, 0.25) is 0 Å². The van der Waals surface area contributed by atoms with Crippen LogP contribution >= 0.6 is 46.7 Å². The molecule has 0 bridgehead atoms. The Balaban J connectivity index is 0.00000280. The molecule has 2 heterocycles. The molecule has 0 radical (unpaired) electrons. The van der Waals surface area contributed by atoms with Gasteiger partial charge in [0.1, 0.15) is 11.1 Å². The number of hydrogen-bond donors (Lipinski definition) is 3. The standard InChI is InChI=1S/C20H26N4OS2.HI/c1-20(2,3)17-12-26-18(24-17)11-23-19(21-4)22-10-14(25)16-9-13-7-5-6-8-15(13)27-16;/h5-9,12,14,25H,10-11H2,1-4H3,(H2,21,22,23);1H. The van der Waals surface area contributed by atoms with Crippen LogP contribution in [0, 0.1) is 0 Å². The van der Waals surface area contributed by atoms with Crippen molar-refractivity contribution in [2.24, 2.45) is 4.99 Å².